The number of ketones is 1. The fourth-order valence-corrected chi connectivity index (χ4v) is 3.05. The zero-order valence-corrected chi connectivity index (χ0v) is 15.6. The molecule has 0 saturated carbocycles. The average Bonchev–Trinajstić information content (AvgIpc) is 3.36. The van der Waals surface area contributed by atoms with E-state index in [-0.39, 0.29) is 5.78 Å². The molecule has 3 aromatic rings. The maximum Gasteiger partial charge on any atom is 0.414 e. The standard InChI is InChI=1S/C22H16ClNO4/c23-17-6-4-15(5-7-17)21-11-9-19(28-21)8-10-20(25)16-2-1-3-18(14-16)24-12-13-27-22(24)26/h1-11,14H,12-13H2/b10-8+. The summed E-state index contributed by atoms with van der Waals surface area (Å²) < 4.78 is 10.7. The van der Waals surface area contributed by atoms with Gasteiger partial charge in [0.25, 0.3) is 0 Å². The number of anilines is 1. The Bertz CT molecular complexity index is 1050. The summed E-state index contributed by atoms with van der Waals surface area (Å²) in [5, 5.41) is 0.658. The second kappa shape index (κ2) is 7.74. The first-order chi connectivity index (χ1) is 13.6. The van der Waals surface area contributed by atoms with Gasteiger partial charge in [-0.1, -0.05) is 23.7 Å². The number of halogens is 1. The van der Waals surface area contributed by atoms with Gasteiger partial charge in [-0.3, -0.25) is 9.69 Å². The molecule has 5 nitrogen and oxygen atoms in total. The van der Waals surface area contributed by atoms with E-state index in [9.17, 15) is 9.59 Å². The van der Waals surface area contributed by atoms with Crippen LogP contribution in [0.15, 0.2) is 71.2 Å². The summed E-state index contributed by atoms with van der Waals surface area (Å²) in [5.74, 6) is 1.08. The largest absolute Gasteiger partial charge is 0.457 e. The van der Waals surface area contributed by atoms with Crippen molar-refractivity contribution in [2.45, 2.75) is 0 Å². The first-order valence-corrected chi connectivity index (χ1v) is 9.10. The van der Waals surface area contributed by atoms with E-state index in [1.165, 1.54) is 11.0 Å². The molecule has 4 rings (SSSR count). The van der Waals surface area contributed by atoms with Gasteiger partial charge in [-0.2, -0.15) is 0 Å². The molecule has 0 spiro atoms. The topological polar surface area (TPSA) is 59.8 Å². The average molecular weight is 394 g/mol. The van der Waals surface area contributed by atoms with Crippen molar-refractivity contribution in [2.75, 3.05) is 18.1 Å². The normalized spacial score (nSPS) is 13.9. The minimum Gasteiger partial charge on any atom is -0.457 e. The van der Waals surface area contributed by atoms with Crippen LogP contribution in [0.25, 0.3) is 17.4 Å². The van der Waals surface area contributed by atoms with E-state index in [0.29, 0.717) is 40.9 Å². The number of amides is 1. The zero-order chi connectivity index (χ0) is 19.5. The molecule has 0 aliphatic carbocycles. The first kappa shape index (κ1) is 18.1. The number of rotatable bonds is 5. The molecule has 0 N–H and O–H groups in total. The SMILES string of the molecule is O=C(/C=C/c1ccc(-c2ccc(Cl)cc2)o1)c1cccc(N2CCOC2=O)c1. The second-order valence-corrected chi connectivity index (χ2v) is 6.66. The van der Waals surface area contributed by atoms with Crippen LogP contribution >= 0.6 is 11.6 Å². The molecule has 0 atom stereocenters. The molecule has 1 fully saturated rings. The van der Waals surface area contributed by atoms with Crippen molar-refractivity contribution in [3.8, 4) is 11.3 Å². The molecule has 6 heteroatoms. The van der Waals surface area contributed by atoms with Crippen molar-refractivity contribution in [3.63, 3.8) is 0 Å². The highest BCUT2D eigenvalue weighted by Gasteiger charge is 2.23. The zero-order valence-electron chi connectivity index (χ0n) is 14.8. The third-order valence-electron chi connectivity index (χ3n) is 4.36. The Morgan fingerprint density at radius 3 is 2.64 bits per heavy atom. The Hall–Kier alpha value is -3.31. The molecule has 1 aliphatic heterocycles. The summed E-state index contributed by atoms with van der Waals surface area (Å²) in [4.78, 5) is 25.7. The number of allylic oxidation sites excluding steroid dienone is 1. The number of ether oxygens (including phenoxy) is 1. The number of nitrogens with zero attached hydrogens (tertiary/aromatic N) is 1. The second-order valence-electron chi connectivity index (χ2n) is 6.22. The number of hydrogen-bond donors (Lipinski definition) is 0. The van der Waals surface area contributed by atoms with Crippen LogP contribution in [0.1, 0.15) is 16.1 Å². The van der Waals surface area contributed by atoms with Crippen molar-refractivity contribution in [1.82, 2.24) is 0 Å². The van der Waals surface area contributed by atoms with E-state index >= 15 is 0 Å². The lowest BCUT2D eigenvalue weighted by Crippen LogP contribution is -2.23. The van der Waals surface area contributed by atoms with E-state index in [4.69, 9.17) is 20.8 Å². The lowest BCUT2D eigenvalue weighted by atomic mass is 10.1. The molecule has 1 aromatic heterocycles. The summed E-state index contributed by atoms with van der Waals surface area (Å²) in [6.45, 7) is 0.831. The Morgan fingerprint density at radius 2 is 1.89 bits per heavy atom. The van der Waals surface area contributed by atoms with Gasteiger partial charge in [-0.25, -0.2) is 4.79 Å². The molecular weight excluding hydrogens is 378 g/mol. The smallest absolute Gasteiger partial charge is 0.414 e. The molecule has 2 heterocycles. The number of hydrogen-bond acceptors (Lipinski definition) is 4. The van der Waals surface area contributed by atoms with Gasteiger partial charge in [0.15, 0.2) is 5.78 Å². The van der Waals surface area contributed by atoms with E-state index < -0.39 is 6.09 Å². The van der Waals surface area contributed by atoms with Gasteiger partial charge in [0.05, 0.1) is 6.54 Å². The number of carbonyl (C=O) groups is 2. The molecule has 0 radical (unpaired) electrons. The number of cyclic esters (lactones) is 1. The van der Waals surface area contributed by atoms with E-state index in [0.717, 1.165) is 5.56 Å². The monoisotopic (exact) mass is 393 g/mol. The predicted octanol–water partition coefficient (Wildman–Crippen LogP) is 5.45. The van der Waals surface area contributed by atoms with Crippen molar-refractivity contribution in [1.29, 1.82) is 0 Å². The molecular formula is C22H16ClNO4. The summed E-state index contributed by atoms with van der Waals surface area (Å²) in [5.41, 5.74) is 2.03. The van der Waals surface area contributed by atoms with Crippen molar-refractivity contribution in [2.24, 2.45) is 0 Å². The molecule has 0 unspecified atom stereocenters. The lowest BCUT2D eigenvalue weighted by molar-refractivity contribution is 0.104. The third kappa shape index (κ3) is 3.85. The highest BCUT2D eigenvalue weighted by atomic mass is 35.5. The maximum absolute atomic E-state index is 12.5. The molecule has 140 valence electrons. The van der Waals surface area contributed by atoms with Gasteiger partial charge in [-0.05, 0) is 60.7 Å². The molecule has 28 heavy (non-hydrogen) atoms. The number of furan rings is 1. The summed E-state index contributed by atoms with van der Waals surface area (Å²) >= 11 is 5.90. The van der Waals surface area contributed by atoms with Crippen LogP contribution in [0.5, 0.6) is 0 Å². The fourth-order valence-electron chi connectivity index (χ4n) is 2.92. The quantitative estimate of drug-likeness (QED) is 0.427. The van der Waals surface area contributed by atoms with Crippen molar-refractivity contribution >= 4 is 35.2 Å². The predicted molar refractivity (Wildman–Crippen MR) is 108 cm³/mol. The van der Waals surface area contributed by atoms with Gasteiger partial charge in [0.1, 0.15) is 18.1 Å². The first-order valence-electron chi connectivity index (χ1n) is 8.73. The van der Waals surface area contributed by atoms with E-state index in [1.807, 2.05) is 18.2 Å². The van der Waals surface area contributed by atoms with Gasteiger partial charge in [-0.15, -0.1) is 0 Å². The summed E-state index contributed by atoms with van der Waals surface area (Å²) in [6, 6.07) is 17.9. The Labute approximate surface area is 166 Å². The Kier molecular flexibility index (Phi) is 5.00. The van der Waals surface area contributed by atoms with Crippen LogP contribution in [0.4, 0.5) is 10.5 Å². The minimum absolute atomic E-state index is 0.182. The van der Waals surface area contributed by atoms with Crippen molar-refractivity contribution in [3.05, 3.63) is 83.1 Å². The van der Waals surface area contributed by atoms with Gasteiger partial charge >= 0.3 is 6.09 Å². The third-order valence-corrected chi connectivity index (χ3v) is 4.61. The van der Waals surface area contributed by atoms with E-state index in [2.05, 4.69) is 0 Å². The Balaban J connectivity index is 1.49. The van der Waals surface area contributed by atoms with E-state index in [1.54, 1.807) is 48.5 Å². The van der Waals surface area contributed by atoms with Crippen LogP contribution in [0, 0.1) is 0 Å². The van der Waals surface area contributed by atoms with Crippen LogP contribution < -0.4 is 4.90 Å². The van der Waals surface area contributed by atoms with Crippen molar-refractivity contribution < 1.29 is 18.7 Å². The Morgan fingerprint density at radius 1 is 1.07 bits per heavy atom. The summed E-state index contributed by atoms with van der Waals surface area (Å²) in [7, 11) is 0. The maximum atomic E-state index is 12.5. The van der Waals surface area contributed by atoms with Crippen LogP contribution in [0.2, 0.25) is 5.02 Å². The highest BCUT2D eigenvalue weighted by Crippen LogP contribution is 2.25. The van der Waals surface area contributed by atoms with Crippen LogP contribution in [-0.2, 0) is 4.74 Å². The van der Waals surface area contributed by atoms with Gasteiger partial charge < -0.3 is 9.15 Å². The molecule has 0 bridgehead atoms. The van der Waals surface area contributed by atoms with Gasteiger partial charge in [0.2, 0.25) is 0 Å². The van der Waals surface area contributed by atoms with Gasteiger partial charge in [0, 0.05) is 21.8 Å². The molecule has 1 aliphatic rings. The van der Waals surface area contributed by atoms with Crippen LogP contribution in [0.3, 0.4) is 0 Å². The van der Waals surface area contributed by atoms with Crippen LogP contribution in [-0.4, -0.2) is 25.0 Å². The fraction of sp³-hybridized carbons (Fsp3) is 0.0909. The lowest BCUT2D eigenvalue weighted by Gasteiger charge is -2.13. The minimum atomic E-state index is -0.398. The number of carbonyl (C=O) groups excluding carboxylic acids is 2. The summed E-state index contributed by atoms with van der Waals surface area (Å²) in [6.07, 6.45) is 2.68. The highest BCUT2D eigenvalue weighted by molar-refractivity contribution is 6.30. The molecule has 1 saturated heterocycles. The molecule has 2 aromatic carbocycles. The molecule has 1 amide bonds. The number of benzene rings is 2.